The third-order valence-electron chi connectivity index (χ3n) is 6.32. The van der Waals surface area contributed by atoms with Crippen molar-refractivity contribution in [2.45, 2.75) is 67.0 Å². The first-order valence-corrected chi connectivity index (χ1v) is 12.3. The molecule has 0 aromatic carbocycles. The molecule has 0 spiro atoms. The van der Waals surface area contributed by atoms with Crippen LogP contribution >= 0.6 is 0 Å². The Morgan fingerprint density at radius 2 is 1.97 bits per heavy atom. The average Bonchev–Trinajstić information content (AvgIpc) is 3.34. The molecule has 1 aliphatic carbocycles. The van der Waals surface area contributed by atoms with E-state index in [-0.39, 0.29) is 24.7 Å². The minimum absolute atomic E-state index is 0.0559. The highest BCUT2D eigenvalue weighted by atomic mass is 19.2. The zero-order valence-electron chi connectivity index (χ0n) is 22.3. The molecule has 0 fully saturated rings. The van der Waals surface area contributed by atoms with Gasteiger partial charge < -0.3 is 14.9 Å². The van der Waals surface area contributed by atoms with Gasteiger partial charge in [0, 0.05) is 48.6 Å². The second kappa shape index (κ2) is 11.3. The van der Waals surface area contributed by atoms with E-state index in [0.29, 0.717) is 35.8 Å². The fourth-order valence-corrected chi connectivity index (χ4v) is 4.18. The monoisotopic (exact) mass is 514 g/mol. The summed E-state index contributed by atoms with van der Waals surface area (Å²) in [5.41, 5.74) is 2.99. The summed E-state index contributed by atoms with van der Waals surface area (Å²) in [6.45, 7) is 15.8. The molecular weight excluding hydrogens is 478 g/mol. The van der Waals surface area contributed by atoms with Gasteiger partial charge in [0.05, 0.1) is 12.3 Å². The van der Waals surface area contributed by atoms with Gasteiger partial charge in [-0.05, 0) is 43.9 Å². The van der Waals surface area contributed by atoms with Crippen LogP contribution in [0.15, 0.2) is 54.0 Å². The fraction of sp³-hybridized carbons (Fsp3) is 0.429. The Kier molecular flexibility index (Phi) is 8.58. The first-order valence-electron chi connectivity index (χ1n) is 12.3. The number of ether oxygens (including phenoxy) is 1. The molecule has 2 heterocycles. The summed E-state index contributed by atoms with van der Waals surface area (Å²) in [7, 11) is 0. The van der Waals surface area contributed by atoms with Crippen LogP contribution in [0.4, 0.5) is 8.78 Å². The summed E-state index contributed by atoms with van der Waals surface area (Å²) in [5, 5.41) is 26.2. The van der Waals surface area contributed by atoms with Crippen molar-refractivity contribution in [3.63, 3.8) is 0 Å². The summed E-state index contributed by atoms with van der Waals surface area (Å²) in [5.74, 6) is -2.03. The number of halogens is 2. The van der Waals surface area contributed by atoms with Crippen LogP contribution in [0.2, 0.25) is 0 Å². The van der Waals surface area contributed by atoms with Crippen LogP contribution in [0.1, 0.15) is 68.7 Å². The number of allylic oxidation sites excluding steroid dienone is 6. The maximum Gasteiger partial charge on any atom is 0.197 e. The molecule has 0 saturated carbocycles. The van der Waals surface area contributed by atoms with Crippen molar-refractivity contribution in [2.75, 3.05) is 6.61 Å². The van der Waals surface area contributed by atoms with Crippen molar-refractivity contribution in [2.24, 2.45) is 5.41 Å². The Hall–Kier alpha value is -3.46. The zero-order valence-corrected chi connectivity index (χ0v) is 22.3. The van der Waals surface area contributed by atoms with E-state index in [9.17, 15) is 19.0 Å². The number of hydrogen-bond acceptors (Lipinski definition) is 5. The molecule has 2 N–H and O–H groups in total. The number of hydrogen-bond donors (Lipinski definition) is 2. The smallest absolute Gasteiger partial charge is 0.197 e. The first kappa shape index (κ1) is 28.1. The predicted molar refractivity (Wildman–Crippen MR) is 141 cm³/mol. The number of nitrogens with zero attached hydrogens (tertiary/aromatic N) is 4. The summed E-state index contributed by atoms with van der Waals surface area (Å²) < 4.78 is 38.2. The maximum atomic E-state index is 14.8. The average molecular weight is 515 g/mol. The quantitative estimate of drug-likeness (QED) is 0.377. The van der Waals surface area contributed by atoms with Gasteiger partial charge in [-0.1, -0.05) is 33.4 Å². The Bertz CT molecular complexity index is 1290. The second-order valence-electron chi connectivity index (χ2n) is 10.1. The minimum atomic E-state index is -1.08. The molecule has 37 heavy (non-hydrogen) atoms. The third kappa shape index (κ3) is 6.10. The molecular formula is C28H36F2N4O3. The SMILES string of the molecule is C=Cc1ncc(C)n1/C(O)=C/C1=CC=C(F)C(F)=C(OCCc2c(C(O)C(C)(C)C)nn(CC)c2C)C1. The van der Waals surface area contributed by atoms with Gasteiger partial charge in [-0.25, -0.2) is 13.8 Å². The highest BCUT2D eigenvalue weighted by molar-refractivity contribution is 5.53. The van der Waals surface area contributed by atoms with Gasteiger partial charge in [-0.2, -0.15) is 5.10 Å². The molecule has 0 saturated heterocycles. The van der Waals surface area contributed by atoms with E-state index in [2.05, 4.69) is 16.7 Å². The van der Waals surface area contributed by atoms with Gasteiger partial charge in [-0.3, -0.25) is 9.25 Å². The number of aliphatic hydroxyl groups is 2. The number of rotatable bonds is 9. The van der Waals surface area contributed by atoms with Crippen molar-refractivity contribution in [3.8, 4) is 0 Å². The Labute approximate surface area is 216 Å². The molecule has 200 valence electrons. The molecule has 2 aromatic heterocycles. The highest BCUT2D eigenvalue weighted by Crippen LogP contribution is 2.35. The van der Waals surface area contributed by atoms with E-state index in [4.69, 9.17) is 4.74 Å². The van der Waals surface area contributed by atoms with Crippen LogP contribution in [0, 0.1) is 19.3 Å². The standard InChI is InChI=1S/C28H36F2N4O3/c1-8-23-31-16-17(3)34(23)24(35)15-19-10-11-21(29)25(30)22(14-19)37-13-12-20-18(4)33(9-2)32-26(20)27(36)28(5,6)7/h8,10-11,15-16,27,35-36H,1,9,12-14H2,2-7H3/b24-15-. The highest BCUT2D eigenvalue weighted by Gasteiger charge is 2.30. The van der Waals surface area contributed by atoms with Gasteiger partial charge in [0.1, 0.15) is 17.7 Å². The Morgan fingerprint density at radius 1 is 1.27 bits per heavy atom. The zero-order chi connectivity index (χ0) is 27.5. The largest absolute Gasteiger partial charge is 0.494 e. The van der Waals surface area contributed by atoms with Crippen LogP contribution in [-0.2, 0) is 17.7 Å². The van der Waals surface area contributed by atoms with E-state index in [1.807, 2.05) is 39.3 Å². The summed E-state index contributed by atoms with van der Waals surface area (Å²) in [6.07, 6.45) is 6.40. The summed E-state index contributed by atoms with van der Waals surface area (Å²) in [4.78, 5) is 4.16. The van der Waals surface area contributed by atoms with E-state index in [1.165, 1.54) is 22.8 Å². The summed E-state index contributed by atoms with van der Waals surface area (Å²) in [6, 6.07) is 0. The van der Waals surface area contributed by atoms with Crippen LogP contribution in [0.5, 0.6) is 0 Å². The van der Waals surface area contributed by atoms with Crippen molar-refractivity contribution in [1.82, 2.24) is 19.3 Å². The van der Waals surface area contributed by atoms with Gasteiger partial charge in [0.2, 0.25) is 0 Å². The van der Waals surface area contributed by atoms with Crippen molar-refractivity contribution < 1.29 is 23.7 Å². The lowest BCUT2D eigenvalue weighted by atomic mass is 9.85. The molecule has 1 aliphatic rings. The molecule has 3 rings (SSSR count). The predicted octanol–water partition coefficient (Wildman–Crippen LogP) is 6.42. The minimum Gasteiger partial charge on any atom is -0.494 e. The topological polar surface area (TPSA) is 85.3 Å². The Balaban J connectivity index is 1.82. The van der Waals surface area contributed by atoms with E-state index >= 15 is 0 Å². The van der Waals surface area contributed by atoms with E-state index < -0.39 is 23.2 Å². The number of aliphatic hydroxyl groups excluding tert-OH is 2. The lowest BCUT2D eigenvalue weighted by Crippen LogP contribution is -2.20. The number of aromatic nitrogens is 4. The number of aryl methyl sites for hydroxylation is 2. The second-order valence-corrected chi connectivity index (χ2v) is 10.1. The Morgan fingerprint density at radius 3 is 2.59 bits per heavy atom. The number of imidazole rings is 1. The molecule has 0 bridgehead atoms. The maximum absolute atomic E-state index is 14.8. The first-order chi connectivity index (χ1) is 17.4. The van der Waals surface area contributed by atoms with Crippen LogP contribution in [0.3, 0.4) is 0 Å². The van der Waals surface area contributed by atoms with Crippen LogP contribution in [-0.4, -0.2) is 36.2 Å². The fourth-order valence-electron chi connectivity index (χ4n) is 4.18. The van der Waals surface area contributed by atoms with Crippen molar-refractivity contribution in [3.05, 3.63) is 82.5 Å². The van der Waals surface area contributed by atoms with Gasteiger partial charge >= 0.3 is 0 Å². The molecule has 0 aliphatic heterocycles. The lowest BCUT2D eigenvalue weighted by Gasteiger charge is -2.25. The van der Waals surface area contributed by atoms with Crippen LogP contribution in [0.25, 0.3) is 12.0 Å². The van der Waals surface area contributed by atoms with E-state index in [1.54, 1.807) is 13.1 Å². The third-order valence-corrected chi connectivity index (χ3v) is 6.32. The molecule has 0 amide bonds. The molecule has 1 unspecified atom stereocenters. The normalized spacial score (nSPS) is 15.9. The molecule has 2 aromatic rings. The molecule has 0 radical (unpaired) electrons. The molecule has 9 heteroatoms. The van der Waals surface area contributed by atoms with Crippen LogP contribution < -0.4 is 0 Å². The van der Waals surface area contributed by atoms with Gasteiger partial charge in [-0.15, -0.1) is 0 Å². The van der Waals surface area contributed by atoms with E-state index in [0.717, 1.165) is 17.3 Å². The molecule has 7 nitrogen and oxygen atoms in total. The van der Waals surface area contributed by atoms with Crippen molar-refractivity contribution in [1.29, 1.82) is 0 Å². The molecule has 1 atom stereocenters. The van der Waals surface area contributed by atoms with Gasteiger partial charge in [0.15, 0.2) is 17.5 Å². The van der Waals surface area contributed by atoms with Gasteiger partial charge in [0.25, 0.3) is 0 Å². The summed E-state index contributed by atoms with van der Waals surface area (Å²) >= 11 is 0. The lowest BCUT2D eigenvalue weighted by molar-refractivity contribution is 0.0573. The van der Waals surface area contributed by atoms with Crippen molar-refractivity contribution >= 4 is 12.0 Å².